The van der Waals surface area contributed by atoms with Crippen molar-refractivity contribution in [2.45, 2.75) is 31.3 Å². The molecule has 3 aromatic carbocycles. The van der Waals surface area contributed by atoms with Gasteiger partial charge in [-0.2, -0.15) is 0 Å². The average molecular weight is 455 g/mol. The third-order valence-electron chi connectivity index (χ3n) is 6.59. The quantitative estimate of drug-likeness (QED) is 0.459. The van der Waals surface area contributed by atoms with Crippen molar-refractivity contribution in [2.75, 3.05) is 4.90 Å². The smallest absolute Gasteiger partial charge is 0.229 e. The molecule has 1 N–H and O–H groups in total. The van der Waals surface area contributed by atoms with Crippen LogP contribution < -0.4 is 10.2 Å². The standard InChI is InChI=1S/C27H22FN3O3/c28-19-10-8-16(9-11-19)25-21-13-12-20(14-23(21)34-30-25)31-24(32)15-22(29-27(33)18-6-7-18)26(31)17-4-2-1-3-5-17/h1-5,8-14,18,22,26H,6-7,15H2,(H,29,33)/t22-,26+/m1/s1. The van der Waals surface area contributed by atoms with Crippen molar-refractivity contribution < 1.29 is 18.5 Å². The summed E-state index contributed by atoms with van der Waals surface area (Å²) in [4.78, 5) is 27.5. The number of fused-ring (bicyclic) bond motifs is 1. The molecule has 2 heterocycles. The van der Waals surface area contributed by atoms with Gasteiger partial charge >= 0.3 is 0 Å². The maximum absolute atomic E-state index is 13.3. The molecular weight excluding hydrogens is 433 g/mol. The van der Waals surface area contributed by atoms with Crippen molar-refractivity contribution in [1.29, 1.82) is 0 Å². The molecule has 1 aliphatic heterocycles. The molecule has 0 radical (unpaired) electrons. The molecule has 2 aliphatic rings. The number of benzene rings is 3. The van der Waals surface area contributed by atoms with Gasteiger partial charge in [-0.15, -0.1) is 0 Å². The second kappa shape index (κ2) is 8.09. The van der Waals surface area contributed by atoms with E-state index in [9.17, 15) is 14.0 Å². The first kappa shape index (κ1) is 20.6. The number of hydrogen-bond donors (Lipinski definition) is 1. The van der Waals surface area contributed by atoms with Crippen LogP contribution in [0.1, 0.15) is 30.9 Å². The minimum Gasteiger partial charge on any atom is -0.356 e. The Labute approximate surface area is 195 Å². The van der Waals surface area contributed by atoms with Crippen LogP contribution in [0.5, 0.6) is 0 Å². The normalized spacial score (nSPS) is 20.1. The molecule has 0 spiro atoms. The van der Waals surface area contributed by atoms with Gasteiger partial charge in [0.25, 0.3) is 0 Å². The van der Waals surface area contributed by atoms with E-state index in [-0.39, 0.29) is 42.1 Å². The number of amides is 2. The maximum atomic E-state index is 13.3. The Morgan fingerprint density at radius 1 is 1.03 bits per heavy atom. The van der Waals surface area contributed by atoms with Crippen LogP contribution in [0, 0.1) is 11.7 Å². The minimum atomic E-state index is -0.326. The molecule has 1 aromatic heterocycles. The Hall–Kier alpha value is -4.00. The first-order valence-electron chi connectivity index (χ1n) is 11.4. The van der Waals surface area contributed by atoms with E-state index in [2.05, 4.69) is 10.5 Å². The number of carbonyl (C=O) groups excluding carboxylic acids is 2. The maximum Gasteiger partial charge on any atom is 0.229 e. The molecule has 34 heavy (non-hydrogen) atoms. The highest BCUT2D eigenvalue weighted by molar-refractivity contribution is 6.01. The molecule has 1 saturated heterocycles. The van der Waals surface area contributed by atoms with Gasteiger partial charge in [-0.25, -0.2) is 4.39 Å². The van der Waals surface area contributed by atoms with E-state index in [1.165, 1.54) is 12.1 Å². The third kappa shape index (κ3) is 3.63. The molecule has 0 bridgehead atoms. The number of halogens is 1. The molecule has 6 nitrogen and oxygen atoms in total. The van der Waals surface area contributed by atoms with E-state index >= 15 is 0 Å². The molecular formula is C27H22FN3O3. The van der Waals surface area contributed by atoms with Crippen LogP contribution in [0.15, 0.2) is 77.3 Å². The van der Waals surface area contributed by atoms with Gasteiger partial charge in [0, 0.05) is 35.0 Å². The highest BCUT2D eigenvalue weighted by atomic mass is 19.1. The Kier molecular flexibility index (Phi) is 4.90. The molecule has 0 unspecified atom stereocenters. The number of aromatic nitrogens is 1. The van der Waals surface area contributed by atoms with Crippen LogP contribution in [0.25, 0.3) is 22.2 Å². The van der Waals surface area contributed by atoms with E-state index in [1.807, 2.05) is 42.5 Å². The number of carbonyl (C=O) groups is 2. The van der Waals surface area contributed by atoms with E-state index < -0.39 is 0 Å². The first-order valence-corrected chi connectivity index (χ1v) is 11.4. The SMILES string of the molecule is O=C(N[C@@H]1CC(=O)N(c2ccc3c(-c4ccc(F)cc4)noc3c2)[C@H]1c1ccccc1)C1CC1. The lowest BCUT2D eigenvalue weighted by Crippen LogP contribution is -2.40. The Bertz CT molecular complexity index is 1380. The average Bonchev–Trinajstić information content (AvgIpc) is 3.55. The van der Waals surface area contributed by atoms with Gasteiger partial charge in [0.15, 0.2) is 5.58 Å². The van der Waals surface area contributed by atoms with Gasteiger partial charge in [-0.3, -0.25) is 9.59 Å². The zero-order valence-corrected chi connectivity index (χ0v) is 18.3. The predicted octanol–water partition coefficient (Wildman–Crippen LogP) is 5.01. The van der Waals surface area contributed by atoms with Crippen molar-refractivity contribution in [3.63, 3.8) is 0 Å². The minimum absolute atomic E-state index is 0.0233. The fourth-order valence-electron chi connectivity index (χ4n) is 4.74. The van der Waals surface area contributed by atoms with Crippen LogP contribution in [0.2, 0.25) is 0 Å². The zero-order chi connectivity index (χ0) is 23.2. The fourth-order valence-corrected chi connectivity index (χ4v) is 4.74. The summed E-state index contributed by atoms with van der Waals surface area (Å²) in [5, 5.41) is 8.08. The van der Waals surface area contributed by atoms with Crippen molar-refractivity contribution >= 4 is 28.5 Å². The summed E-state index contributed by atoms with van der Waals surface area (Å²) in [6.45, 7) is 0. The third-order valence-corrected chi connectivity index (χ3v) is 6.59. The van der Waals surface area contributed by atoms with Crippen molar-refractivity contribution in [1.82, 2.24) is 10.5 Å². The van der Waals surface area contributed by atoms with Gasteiger partial charge in [0.2, 0.25) is 11.8 Å². The van der Waals surface area contributed by atoms with Crippen molar-refractivity contribution in [2.24, 2.45) is 5.92 Å². The van der Waals surface area contributed by atoms with Gasteiger partial charge in [-0.05, 0) is 54.8 Å². The highest BCUT2D eigenvalue weighted by Gasteiger charge is 2.44. The van der Waals surface area contributed by atoms with Gasteiger partial charge < -0.3 is 14.7 Å². The van der Waals surface area contributed by atoms with Crippen LogP contribution in [0.3, 0.4) is 0 Å². The van der Waals surface area contributed by atoms with Gasteiger partial charge in [-0.1, -0.05) is 35.5 Å². The van der Waals surface area contributed by atoms with Gasteiger partial charge in [0.1, 0.15) is 11.5 Å². The Balaban J connectivity index is 1.37. The van der Waals surface area contributed by atoms with Crippen LogP contribution in [-0.4, -0.2) is 23.0 Å². The molecule has 2 fully saturated rings. The number of nitrogens with one attached hydrogen (secondary N) is 1. The molecule has 4 aromatic rings. The number of hydrogen-bond acceptors (Lipinski definition) is 4. The summed E-state index contributed by atoms with van der Waals surface area (Å²) >= 11 is 0. The Morgan fingerprint density at radius 3 is 2.53 bits per heavy atom. The Morgan fingerprint density at radius 2 is 1.79 bits per heavy atom. The van der Waals surface area contributed by atoms with Crippen molar-refractivity contribution in [3.8, 4) is 11.3 Å². The number of anilines is 1. The second-order valence-corrected chi connectivity index (χ2v) is 8.93. The molecule has 7 heteroatoms. The first-order chi connectivity index (χ1) is 16.6. The highest BCUT2D eigenvalue weighted by Crippen LogP contribution is 2.40. The molecule has 1 saturated carbocycles. The fraction of sp³-hybridized carbons (Fsp3) is 0.222. The molecule has 170 valence electrons. The van der Waals surface area contributed by atoms with E-state index in [4.69, 9.17) is 4.52 Å². The monoisotopic (exact) mass is 455 g/mol. The summed E-state index contributed by atoms with van der Waals surface area (Å²) in [6, 6.07) is 20.7. The number of nitrogens with zero attached hydrogens (tertiary/aromatic N) is 2. The number of rotatable bonds is 5. The second-order valence-electron chi connectivity index (χ2n) is 8.93. The predicted molar refractivity (Wildman–Crippen MR) is 125 cm³/mol. The molecule has 2 amide bonds. The summed E-state index contributed by atoms with van der Waals surface area (Å²) in [5.74, 6) is -0.291. The lowest BCUT2D eigenvalue weighted by Gasteiger charge is -2.29. The summed E-state index contributed by atoms with van der Waals surface area (Å²) < 4.78 is 18.9. The van der Waals surface area contributed by atoms with Crippen LogP contribution in [0.4, 0.5) is 10.1 Å². The summed E-state index contributed by atoms with van der Waals surface area (Å²) in [6.07, 6.45) is 2.04. The van der Waals surface area contributed by atoms with Crippen molar-refractivity contribution in [3.05, 3.63) is 84.2 Å². The van der Waals surface area contributed by atoms with Crippen LogP contribution in [-0.2, 0) is 9.59 Å². The molecule has 1 aliphatic carbocycles. The lowest BCUT2D eigenvalue weighted by atomic mass is 9.99. The van der Waals surface area contributed by atoms with Gasteiger partial charge in [0.05, 0.1) is 12.1 Å². The molecule has 2 atom stereocenters. The largest absolute Gasteiger partial charge is 0.356 e. The van der Waals surface area contributed by atoms with E-state index in [0.717, 1.165) is 29.4 Å². The molecule has 6 rings (SSSR count). The van der Waals surface area contributed by atoms with E-state index in [1.54, 1.807) is 23.1 Å². The summed E-state index contributed by atoms with van der Waals surface area (Å²) in [7, 11) is 0. The zero-order valence-electron chi connectivity index (χ0n) is 18.3. The topological polar surface area (TPSA) is 75.4 Å². The lowest BCUT2D eigenvalue weighted by molar-refractivity contribution is -0.123. The summed E-state index contributed by atoms with van der Waals surface area (Å²) in [5.41, 5.74) is 3.52. The van der Waals surface area contributed by atoms with E-state index in [0.29, 0.717) is 17.0 Å². The van der Waals surface area contributed by atoms with Crippen LogP contribution >= 0.6 is 0 Å².